The highest BCUT2D eigenvalue weighted by Gasteiger charge is 2.14. The van der Waals surface area contributed by atoms with Crippen LogP contribution in [0, 0.1) is 5.92 Å². The van der Waals surface area contributed by atoms with Crippen LogP contribution in [0.15, 0.2) is 18.2 Å². The molecule has 4 nitrogen and oxygen atoms in total. The van der Waals surface area contributed by atoms with E-state index in [1.807, 2.05) is 6.07 Å². The molecular weight excluding hydrogens is 286 g/mol. The molecule has 0 aromatic heterocycles. The van der Waals surface area contributed by atoms with Gasteiger partial charge in [0.15, 0.2) is 0 Å². The van der Waals surface area contributed by atoms with Crippen LogP contribution in [0.25, 0.3) is 0 Å². The summed E-state index contributed by atoms with van der Waals surface area (Å²) in [7, 11) is 1.38. The number of esters is 1. The molecule has 1 aliphatic carbocycles. The molecule has 1 aromatic carbocycles. The van der Waals surface area contributed by atoms with Crippen molar-refractivity contribution < 1.29 is 14.3 Å². The second-order valence-electron chi connectivity index (χ2n) is 5.32. The summed E-state index contributed by atoms with van der Waals surface area (Å²) in [5.74, 6) is 0.479. The molecule has 5 heteroatoms. The smallest absolute Gasteiger partial charge is 0.309 e. The number of hydrogen-bond donors (Lipinski definition) is 1. The fourth-order valence-electron chi connectivity index (χ4n) is 2.44. The molecule has 1 N–H and O–H groups in total. The molecule has 0 bridgehead atoms. The molecule has 0 saturated carbocycles. The predicted molar refractivity (Wildman–Crippen MR) is 85.6 cm³/mol. The Morgan fingerprint density at radius 3 is 2.86 bits per heavy atom. The highest BCUT2D eigenvalue weighted by molar-refractivity contribution is 8.00. The van der Waals surface area contributed by atoms with E-state index in [1.54, 1.807) is 6.92 Å². The van der Waals surface area contributed by atoms with Crippen LogP contribution in [0.5, 0.6) is 0 Å². The lowest BCUT2D eigenvalue weighted by molar-refractivity contribution is -0.144. The molecular formula is C16H21NO3S. The Hall–Kier alpha value is -1.49. The van der Waals surface area contributed by atoms with Crippen LogP contribution in [-0.2, 0) is 27.2 Å². The van der Waals surface area contributed by atoms with Gasteiger partial charge in [-0.05, 0) is 42.5 Å². The van der Waals surface area contributed by atoms with Crippen LogP contribution in [0.3, 0.4) is 0 Å². The summed E-state index contributed by atoms with van der Waals surface area (Å²) in [5, 5.41) is 2.91. The lowest BCUT2D eigenvalue weighted by atomic mass is 10.1. The molecule has 114 valence electrons. The number of ether oxygens (including phenoxy) is 1. The molecule has 1 aromatic rings. The number of anilines is 1. The van der Waals surface area contributed by atoms with Crippen molar-refractivity contribution >= 4 is 29.3 Å². The number of fused-ring (bicyclic) bond motifs is 1. The molecule has 0 heterocycles. The number of nitrogens with one attached hydrogen (secondary N) is 1. The van der Waals surface area contributed by atoms with Crippen molar-refractivity contribution in [3.8, 4) is 0 Å². The van der Waals surface area contributed by atoms with Gasteiger partial charge in [0.2, 0.25) is 5.91 Å². The Morgan fingerprint density at radius 1 is 1.33 bits per heavy atom. The number of carbonyl (C=O) groups excluding carboxylic acids is 2. The molecule has 1 unspecified atom stereocenters. The Labute approximate surface area is 129 Å². The fraction of sp³-hybridized carbons (Fsp3) is 0.500. The first-order chi connectivity index (χ1) is 10.1. The summed E-state index contributed by atoms with van der Waals surface area (Å²) < 4.78 is 4.65. The zero-order valence-corrected chi connectivity index (χ0v) is 13.3. The van der Waals surface area contributed by atoms with Gasteiger partial charge in [0.05, 0.1) is 18.8 Å². The first-order valence-electron chi connectivity index (χ1n) is 7.17. The number of hydrogen-bond acceptors (Lipinski definition) is 4. The molecule has 0 spiro atoms. The van der Waals surface area contributed by atoms with E-state index in [-0.39, 0.29) is 17.8 Å². The summed E-state index contributed by atoms with van der Waals surface area (Å²) in [6.07, 6.45) is 3.45. The third kappa shape index (κ3) is 4.49. The first kappa shape index (κ1) is 15.9. The highest BCUT2D eigenvalue weighted by atomic mass is 32.2. The average Bonchev–Trinajstić information content (AvgIpc) is 2.93. The minimum Gasteiger partial charge on any atom is -0.469 e. The zero-order chi connectivity index (χ0) is 15.2. The van der Waals surface area contributed by atoms with E-state index in [9.17, 15) is 9.59 Å². The number of thioether (sulfide) groups is 1. The van der Waals surface area contributed by atoms with Gasteiger partial charge in [-0.1, -0.05) is 13.0 Å². The third-order valence-electron chi connectivity index (χ3n) is 3.59. The normalized spacial score (nSPS) is 14.4. The Morgan fingerprint density at radius 2 is 2.10 bits per heavy atom. The van der Waals surface area contributed by atoms with Crippen LogP contribution in [0.4, 0.5) is 5.69 Å². The molecule has 0 aliphatic heterocycles. The van der Waals surface area contributed by atoms with Crippen LogP contribution in [-0.4, -0.2) is 30.5 Å². The summed E-state index contributed by atoms with van der Waals surface area (Å²) in [6.45, 7) is 1.80. The van der Waals surface area contributed by atoms with Crippen molar-refractivity contribution in [2.24, 2.45) is 5.92 Å². The Kier molecular flexibility index (Phi) is 5.67. The van der Waals surface area contributed by atoms with Gasteiger partial charge in [0.1, 0.15) is 0 Å². The lowest BCUT2D eigenvalue weighted by Gasteiger charge is -2.09. The quantitative estimate of drug-likeness (QED) is 0.821. The minimum absolute atomic E-state index is 0.0324. The van der Waals surface area contributed by atoms with Crippen molar-refractivity contribution in [3.05, 3.63) is 29.3 Å². The maximum Gasteiger partial charge on any atom is 0.309 e. The average molecular weight is 307 g/mol. The second-order valence-corrected chi connectivity index (χ2v) is 6.35. The maximum absolute atomic E-state index is 11.9. The topological polar surface area (TPSA) is 55.4 Å². The monoisotopic (exact) mass is 307 g/mol. The van der Waals surface area contributed by atoms with E-state index in [4.69, 9.17) is 0 Å². The van der Waals surface area contributed by atoms with E-state index in [2.05, 4.69) is 22.2 Å². The molecule has 0 radical (unpaired) electrons. The largest absolute Gasteiger partial charge is 0.469 e. The van der Waals surface area contributed by atoms with Gasteiger partial charge in [-0.2, -0.15) is 11.8 Å². The van der Waals surface area contributed by atoms with Crippen LogP contribution >= 0.6 is 11.8 Å². The molecule has 21 heavy (non-hydrogen) atoms. The lowest BCUT2D eigenvalue weighted by Crippen LogP contribution is -2.18. The first-order valence-corrected chi connectivity index (χ1v) is 8.33. The molecule has 1 aliphatic rings. The standard InChI is InChI=1S/C16H21NO3S/c1-11(16(19)20-2)9-21-10-15(18)17-14-7-6-12-4-3-5-13(12)8-14/h6-8,11H,3-5,9-10H2,1-2H3,(H,17,18). The molecule has 0 saturated heterocycles. The van der Waals surface area contributed by atoms with Gasteiger partial charge in [-0.25, -0.2) is 0 Å². The number of amides is 1. The van der Waals surface area contributed by atoms with Gasteiger partial charge in [-0.3, -0.25) is 9.59 Å². The molecule has 1 atom stereocenters. The van der Waals surface area contributed by atoms with E-state index >= 15 is 0 Å². The molecule has 2 rings (SSSR count). The summed E-state index contributed by atoms with van der Waals surface area (Å²) in [4.78, 5) is 23.1. The number of aryl methyl sites for hydroxylation is 2. The maximum atomic E-state index is 11.9. The predicted octanol–water partition coefficient (Wildman–Crippen LogP) is 2.66. The zero-order valence-electron chi connectivity index (χ0n) is 12.5. The molecule has 1 amide bonds. The summed E-state index contributed by atoms with van der Waals surface area (Å²) in [5.41, 5.74) is 3.61. The van der Waals surface area contributed by atoms with E-state index in [0.29, 0.717) is 11.5 Å². The van der Waals surface area contributed by atoms with E-state index in [0.717, 1.165) is 18.5 Å². The fourth-order valence-corrected chi connectivity index (χ4v) is 3.31. The van der Waals surface area contributed by atoms with Gasteiger partial charge in [0, 0.05) is 11.4 Å². The number of benzene rings is 1. The van der Waals surface area contributed by atoms with Crippen molar-refractivity contribution in [2.75, 3.05) is 23.9 Å². The van der Waals surface area contributed by atoms with Gasteiger partial charge >= 0.3 is 5.97 Å². The van der Waals surface area contributed by atoms with Crippen molar-refractivity contribution in [3.63, 3.8) is 0 Å². The minimum atomic E-state index is -0.235. The van der Waals surface area contributed by atoms with E-state index < -0.39 is 0 Å². The van der Waals surface area contributed by atoms with E-state index in [1.165, 1.54) is 36.4 Å². The Bertz CT molecular complexity index is 530. The number of carbonyl (C=O) groups is 2. The van der Waals surface area contributed by atoms with Crippen molar-refractivity contribution in [1.29, 1.82) is 0 Å². The second kappa shape index (κ2) is 7.50. The highest BCUT2D eigenvalue weighted by Crippen LogP contribution is 2.25. The third-order valence-corrected chi connectivity index (χ3v) is 4.79. The van der Waals surface area contributed by atoms with Gasteiger partial charge in [0.25, 0.3) is 0 Å². The summed E-state index contributed by atoms with van der Waals surface area (Å²) in [6, 6.07) is 6.14. The Balaban J connectivity index is 1.76. The van der Waals surface area contributed by atoms with Crippen LogP contribution < -0.4 is 5.32 Å². The SMILES string of the molecule is COC(=O)C(C)CSCC(=O)Nc1ccc2c(c1)CCC2. The number of methoxy groups -OCH3 is 1. The van der Waals surface area contributed by atoms with Crippen molar-refractivity contribution in [2.45, 2.75) is 26.2 Å². The number of rotatable bonds is 6. The van der Waals surface area contributed by atoms with Gasteiger partial charge in [-0.15, -0.1) is 0 Å². The van der Waals surface area contributed by atoms with Crippen LogP contribution in [0.2, 0.25) is 0 Å². The van der Waals surface area contributed by atoms with Crippen LogP contribution in [0.1, 0.15) is 24.5 Å². The van der Waals surface area contributed by atoms with Gasteiger partial charge < -0.3 is 10.1 Å². The van der Waals surface area contributed by atoms with Crippen molar-refractivity contribution in [1.82, 2.24) is 0 Å². The molecule has 0 fully saturated rings. The summed E-state index contributed by atoms with van der Waals surface area (Å²) >= 11 is 1.44.